The molecule has 0 spiro atoms. The Morgan fingerprint density at radius 2 is 2.43 bits per heavy atom. The predicted molar refractivity (Wildman–Crippen MR) is 61.7 cm³/mol. The molecule has 14 heavy (non-hydrogen) atoms. The Balaban J connectivity index is 2.21. The van der Waals surface area contributed by atoms with Crippen LogP contribution in [0.5, 0.6) is 0 Å². The SMILES string of the molecule is CNCCCC(=O)N(C)C1CCSC1. The summed E-state index contributed by atoms with van der Waals surface area (Å²) < 4.78 is 0. The van der Waals surface area contributed by atoms with Gasteiger partial charge in [-0.15, -0.1) is 0 Å². The van der Waals surface area contributed by atoms with E-state index in [1.165, 1.54) is 12.2 Å². The minimum absolute atomic E-state index is 0.299. The fourth-order valence-electron chi connectivity index (χ4n) is 1.62. The van der Waals surface area contributed by atoms with Crippen molar-refractivity contribution in [1.29, 1.82) is 0 Å². The third kappa shape index (κ3) is 3.50. The van der Waals surface area contributed by atoms with E-state index in [0.29, 0.717) is 18.4 Å². The second kappa shape index (κ2) is 6.30. The molecule has 1 atom stereocenters. The standard InChI is InChI=1S/C10H20N2OS/c1-11-6-3-4-10(13)12(2)9-5-7-14-8-9/h9,11H,3-8H2,1-2H3. The average molecular weight is 216 g/mol. The van der Waals surface area contributed by atoms with Gasteiger partial charge in [-0.2, -0.15) is 11.8 Å². The third-order valence-corrected chi connectivity index (χ3v) is 3.81. The van der Waals surface area contributed by atoms with Crippen LogP contribution < -0.4 is 5.32 Å². The van der Waals surface area contributed by atoms with E-state index in [0.717, 1.165) is 18.7 Å². The molecule has 1 rings (SSSR count). The molecular formula is C10H20N2OS. The van der Waals surface area contributed by atoms with E-state index in [4.69, 9.17) is 0 Å². The van der Waals surface area contributed by atoms with Crippen molar-refractivity contribution in [3.05, 3.63) is 0 Å². The van der Waals surface area contributed by atoms with Crippen LogP contribution in [-0.2, 0) is 4.79 Å². The summed E-state index contributed by atoms with van der Waals surface area (Å²) in [6.45, 7) is 0.930. The van der Waals surface area contributed by atoms with Gasteiger partial charge in [0.15, 0.2) is 0 Å². The summed E-state index contributed by atoms with van der Waals surface area (Å²) in [5.41, 5.74) is 0. The molecule has 1 unspecified atom stereocenters. The summed E-state index contributed by atoms with van der Waals surface area (Å²) in [7, 11) is 3.86. The minimum atomic E-state index is 0.299. The van der Waals surface area contributed by atoms with Gasteiger partial charge in [-0.05, 0) is 32.2 Å². The van der Waals surface area contributed by atoms with E-state index < -0.39 is 0 Å². The van der Waals surface area contributed by atoms with Crippen LogP contribution in [0.4, 0.5) is 0 Å². The Labute approximate surface area is 90.6 Å². The van der Waals surface area contributed by atoms with Gasteiger partial charge < -0.3 is 10.2 Å². The molecule has 3 nitrogen and oxygen atoms in total. The molecule has 1 amide bonds. The fraction of sp³-hybridized carbons (Fsp3) is 0.900. The first-order valence-electron chi connectivity index (χ1n) is 5.23. The Kier molecular flexibility index (Phi) is 5.33. The maximum absolute atomic E-state index is 11.7. The molecule has 0 bridgehead atoms. The van der Waals surface area contributed by atoms with Gasteiger partial charge in [0, 0.05) is 25.3 Å². The molecule has 1 saturated heterocycles. The van der Waals surface area contributed by atoms with E-state index in [1.807, 2.05) is 30.8 Å². The van der Waals surface area contributed by atoms with Gasteiger partial charge in [0.25, 0.3) is 0 Å². The fourth-order valence-corrected chi connectivity index (χ4v) is 2.89. The molecule has 0 aromatic carbocycles. The first-order chi connectivity index (χ1) is 6.75. The molecule has 0 aliphatic carbocycles. The lowest BCUT2D eigenvalue weighted by Crippen LogP contribution is -2.37. The highest BCUT2D eigenvalue weighted by Gasteiger charge is 2.22. The predicted octanol–water partition coefficient (Wildman–Crippen LogP) is 0.950. The molecule has 4 heteroatoms. The van der Waals surface area contributed by atoms with E-state index in [9.17, 15) is 4.79 Å². The van der Waals surface area contributed by atoms with Crippen molar-refractivity contribution >= 4 is 17.7 Å². The summed E-state index contributed by atoms with van der Waals surface area (Å²) in [5.74, 6) is 2.63. The number of amides is 1. The minimum Gasteiger partial charge on any atom is -0.342 e. The van der Waals surface area contributed by atoms with Crippen molar-refractivity contribution < 1.29 is 4.79 Å². The normalized spacial score (nSPS) is 21.1. The van der Waals surface area contributed by atoms with Crippen LogP contribution >= 0.6 is 11.8 Å². The smallest absolute Gasteiger partial charge is 0.222 e. The highest BCUT2D eigenvalue weighted by molar-refractivity contribution is 7.99. The van der Waals surface area contributed by atoms with Crippen LogP contribution in [0.3, 0.4) is 0 Å². The zero-order valence-electron chi connectivity index (χ0n) is 9.08. The number of carbonyl (C=O) groups is 1. The van der Waals surface area contributed by atoms with Crippen LogP contribution in [0.15, 0.2) is 0 Å². The monoisotopic (exact) mass is 216 g/mol. The molecule has 1 N–H and O–H groups in total. The van der Waals surface area contributed by atoms with Gasteiger partial charge in [0.2, 0.25) is 5.91 Å². The lowest BCUT2D eigenvalue weighted by Gasteiger charge is -2.23. The van der Waals surface area contributed by atoms with Crippen molar-refractivity contribution in [2.45, 2.75) is 25.3 Å². The molecule has 0 aromatic heterocycles. The second-order valence-corrected chi connectivity index (χ2v) is 4.88. The van der Waals surface area contributed by atoms with Crippen LogP contribution in [0.1, 0.15) is 19.3 Å². The summed E-state index contributed by atoms with van der Waals surface area (Å²) in [5, 5.41) is 3.06. The van der Waals surface area contributed by atoms with Crippen LogP contribution in [0, 0.1) is 0 Å². The van der Waals surface area contributed by atoms with Gasteiger partial charge in [-0.1, -0.05) is 0 Å². The van der Waals surface area contributed by atoms with E-state index in [1.54, 1.807) is 0 Å². The Hall–Kier alpha value is -0.220. The van der Waals surface area contributed by atoms with Crippen LogP contribution in [0.25, 0.3) is 0 Å². The van der Waals surface area contributed by atoms with E-state index >= 15 is 0 Å². The maximum Gasteiger partial charge on any atom is 0.222 e. The largest absolute Gasteiger partial charge is 0.342 e. The van der Waals surface area contributed by atoms with Crippen molar-refractivity contribution in [1.82, 2.24) is 10.2 Å². The molecule has 0 radical (unpaired) electrons. The van der Waals surface area contributed by atoms with Gasteiger partial charge >= 0.3 is 0 Å². The number of hydrogen-bond donors (Lipinski definition) is 1. The summed E-state index contributed by atoms with van der Waals surface area (Å²) in [4.78, 5) is 13.6. The number of nitrogens with zero attached hydrogens (tertiary/aromatic N) is 1. The van der Waals surface area contributed by atoms with Crippen LogP contribution in [0.2, 0.25) is 0 Å². The third-order valence-electron chi connectivity index (χ3n) is 2.66. The van der Waals surface area contributed by atoms with Gasteiger partial charge in [0.1, 0.15) is 0 Å². The van der Waals surface area contributed by atoms with Gasteiger partial charge in [0.05, 0.1) is 0 Å². The van der Waals surface area contributed by atoms with Gasteiger partial charge in [-0.25, -0.2) is 0 Å². The summed E-state index contributed by atoms with van der Waals surface area (Å²) in [6, 6.07) is 0.488. The number of thioether (sulfide) groups is 1. The number of nitrogens with one attached hydrogen (secondary N) is 1. The molecule has 0 saturated carbocycles. The molecular weight excluding hydrogens is 196 g/mol. The van der Waals surface area contributed by atoms with Crippen molar-refractivity contribution in [3.8, 4) is 0 Å². The summed E-state index contributed by atoms with van der Waals surface area (Å²) in [6.07, 6.45) is 2.79. The number of carbonyl (C=O) groups excluding carboxylic acids is 1. The van der Waals surface area contributed by atoms with Crippen molar-refractivity contribution in [2.75, 3.05) is 32.1 Å². The van der Waals surface area contributed by atoms with Crippen LogP contribution in [-0.4, -0.2) is 49.0 Å². The number of hydrogen-bond acceptors (Lipinski definition) is 3. The summed E-state index contributed by atoms with van der Waals surface area (Å²) >= 11 is 1.95. The molecule has 1 heterocycles. The molecule has 1 aliphatic rings. The Morgan fingerprint density at radius 1 is 1.64 bits per heavy atom. The first kappa shape index (κ1) is 11.9. The average Bonchev–Trinajstić information content (AvgIpc) is 2.69. The molecule has 0 aromatic rings. The van der Waals surface area contributed by atoms with Gasteiger partial charge in [-0.3, -0.25) is 4.79 Å². The van der Waals surface area contributed by atoms with Crippen molar-refractivity contribution in [3.63, 3.8) is 0 Å². The topological polar surface area (TPSA) is 32.3 Å². The first-order valence-corrected chi connectivity index (χ1v) is 6.39. The zero-order valence-corrected chi connectivity index (χ0v) is 9.90. The molecule has 1 aliphatic heterocycles. The second-order valence-electron chi connectivity index (χ2n) is 3.73. The highest BCUT2D eigenvalue weighted by Crippen LogP contribution is 2.21. The zero-order chi connectivity index (χ0) is 10.4. The maximum atomic E-state index is 11.7. The number of rotatable bonds is 5. The van der Waals surface area contributed by atoms with E-state index in [-0.39, 0.29) is 0 Å². The molecule has 1 fully saturated rings. The molecule has 82 valence electrons. The lowest BCUT2D eigenvalue weighted by molar-refractivity contribution is -0.131. The van der Waals surface area contributed by atoms with E-state index in [2.05, 4.69) is 5.32 Å². The Morgan fingerprint density at radius 3 is 3.00 bits per heavy atom. The quantitative estimate of drug-likeness (QED) is 0.695. The lowest BCUT2D eigenvalue weighted by atomic mass is 10.2. The highest BCUT2D eigenvalue weighted by atomic mass is 32.2. The van der Waals surface area contributed by atoms with Crippen molar-refractivity contribution in [2.24, 2.45) is 0 Å². The Bertz CT molecular complexity index is 181.